The van der Waals surface area contributed by atoms with Crippen LogP contribution in [0.3, 0.4) is 0 Å². The van der Waals surface area contributed by atoms with Crippen LogP contribution in [-0.2, 0) is 10.0 Å². The summed E-state index contributed by atoms with van der Waals surface area (Å²) in [7, 11) is -3.79. The van der Waals surface area contributed by atoms with Gasteiger partial charge in [-0.1, -0.05) is 65.6 Å². The Kier molecular flexibility index (Phi) is 8.59. The number of nitrogens with one attached hydrogen (secondary N) is 1. The van der Waals surface area contributed by atoms with E-state index in [4.69, 9.17) is 11.6 Å². The lowest BCUT2D eigenvalue weighted by Crippen LogP contribution is -2.57. The zero-order valence-electron chi connectivity index (χ0n) is 16.8. The summed E-state index contributed by atoms with van der Waals surface area (Å²) in [4.78, 5) is 0.120. The van der Waals surface area contributed by atoms with Gasteiger partial charge in [-0.2, -0.15) is 0 Å². The van der Waals surface area contributed by atoms with Crippen molar-refractivity contribution in [1.29, 1.82) is 0 Å². The molecular formula is C20H34ClNO3S. The summed E-state index contributed by atoms with van der Waals surface area (Å²) >= 11 is 5.96. The van der Waals surface area contributed by atoms with Crippen molar-refractivity contribution in [3.63, 3.8) is 0 Å². The van der Waals surface area contributed by atoms with E-state index in [0.717, 1.165) is 6.42 Å². The lowest BCUT2D eigenvalue weighted by Gasteiger charge is -2.42. The minimum atomic E-state index is -3.79. The number of sulfonamides is 1. The lowest BCUT2D eigenvalue weighted by molar-refractivity contribution is -0.0424. The largest absolute Gasteiger partial charge is 0.388 e. The second-order valence-electron chi connectivity index (χ2n) is 8.24. The van der Waals surface area contributed by atoms with E-state index < -0.39 is 21.7 Å². The van der Waals surface area contributed by atoms with Gasteiger partial charge in [0.2, 0.25) is 10.0 Å². The molecule has 0 spiro atoms. The highest BCUT2D eigenvalue weighted by atomic mass is 35.5. The fourth-order valence-electron chi connectivity index (χ4n) is 3.61. The van der Waals surface area contributed by atoms with Crippen LogP contribution in [0.5, 0.6) is 0 Å². The molecule has 4 nitrogen and oxygen atoms in total. The Labute approximate surface area is 164 Å². The van der Waals surface area contributed by atoms with Crippen molar-refractivity contribution in [2.75, 3.05) is 0 Å². The highest BCUT2D eigenvalue weighted by Crippen LogP contribution is 2.34. The summed E-state index contributed by atoms with van der Waals surface area (Å²) in [6, 6.07) is 5.64. The molecule has 0 aliphatic rings. The van der Waals surface area contributed by atoms with Crippen LogP contribution < -0.4 is 4.72 Å². The molecule has 6 heteroatoms. The van der Waals surface area contributed by atoms with Crippen molar-refractivity contribution in [3.05, 3.63) is 29.3 Å². The van der Waals surface area contributed by atoms with Gasteiger partial charge in [-0.15, -0.1) is 0 Å². The molecule has 0 amide bonds. The molecule has 2 atom stereocenters. The molecule has 1 rings (SSSR count). The van der Waals surface area contributed by atoms with Gasteiger partial charge in [0.05, 0.1) is 16.5 Å². The van der Waals surface area contributed by atoms with Crippen molar-refractivity contribution >= 4 is 21.6 Å². The summed E-state index contributed by atoms with van der Waals surface area (Å²) in [6.45, 7) is 12.2. The minimum absolute atomic E-state index is 0.00791. The Morgan fingerprint density at radius 1 is 1.12 bits per heavy atom. The third kappa shape index (κ3) is 6.52. The van der Waals surface area contributed by atoms with E-state index in [2.05, 4.69) is 4.72 Å². The van der Waals surface area contributed by atoms with Crippen LogP contribution in [-0.4, -0.2) is 25.2 Å². The monoisotopic (exact) mass is 403 g/mol. The van der Waals surface area contributed by atoms with Crippen molar-refractivity contribution in [1.82, 2.24) is 4.72 Å². The zero-order valence-corrected chi connectivity index (χ0v) is 18.4. The van der Waals surface area contributed by atoms with Gasteiger partial charge in [0.25, 0.3) is 0 Å². The summed E-state index contributed by atoms with van der Waals surface area (Å²) in [6.07, 6.45) is 1.84. The normalized spacial score (nSPS) is 15.5. The Hall–Kier alpha value is -0.620. The van der Waals surface area contributed by atoms with Gasteiger partial charge in [-0.25, -0.2) is 13.1 Å². The van der Waals surface area contributed by atoms with Gasteiger partial charge in [0.1, 0.15) is 0 Å². The number of halogens is 1. The molecule has 0 aliphatic carbocycles. The number of aliphatic hydroxyl groups is 1. The average molecular weight is 404 g/mol. The van der Waals surface area contributed by atoms with Crippen molar-refractivity contribution < 1.29 is 13.5 Å². The molecule has 0 fully saturated rings. The first-order valence-corrected chi connectivity index (χ1v) is 11.3. The first kappa shape index (κ1) is 23.4. The van der Waals surface area contributed by atoms with Crippen molar-refractivity contribution in [2.45, 2.75) is 77.3 Å². The maximum Gasteiger partial charge on any atom is 0.240 e. The topological polar surface area (TPSA) is 66.4 Å². The molecule has 2 N–H and O–H groups in total. The fraction of sp³-hybridized carbons (Fsp3) is 0.700. The molecule has 150 valence electrons. The maximum absolute atomic E-state index is 13.0. The standard InChI is InChI=1S/C20H34ClNO3S/c1-7-16(6)19(20(23,12-14(2)3)13-15(4)5)22-26(24,25)18-10-8-9-17(21)11-18/h8-11,14-16,19,22-23H,7,12-13H2,1-6H3/t16-,19-/m0/s1. The second kappa shape index (κ2) is 9.54. The Bertz CT molecular complexity index is 663. The zero-order chi connectivity index (χ0) is 20.1. The molecule has 1 aromatic rings. The van der Waals surface area contributed by atoms with Gasteiger partial charge in [-0.3, -0.25) is 0 Å². The highest BCUT2D eigenvalue weighted by Gasteiger charge is 2.42. The van der Waals surface area contributed by atoms with Crippen molar-refractivity contribution in [2.24, 2.45) is 17.8 Å². The van der Waals surface area contributed by atoms with Gasteiger partial charge in [-0.05, 0) is 48.8 Å². The number of hydrogen-bond donors (Lipinski definition) is 2. The van der Waals surface area contributed by atoms with E-state index in [9.17, 15) is 13.5 Å². The molecule has 1 aromatic carbocycles. The predicted molar refractivity (Wildman–Crippen MR) is 109 cm³/mol. The SMILES string of the molecule is CC[C@H](C)[C@H](NS(=O)(=O)c1cccc(Cl)c1)C(O)(CC(C)C)CC(C)C. The average Bonchev–Trinajstić information content (AvgIpc) is 2.50. The number of benzene rings is 1. The summed E-state index contributed by atoms with van der Waals surface area (Å²) in [5, 5.41) is 11.9. The number of hydrogen-bond acceptors (Lipinski definition) is 3. The molecule has 0 unspecified atom stereocenters. The first-order chi connectivity index (χ1) is 11.9. The van der Waals surface area contributed by atoms with Crippen LogP contribution >= 0.6 is 11.6 Å². The smallest absolute Gasteiger partial charge is 0.240 e. The third-order valence-corrected chi connectivity index (χ3v) is 6.38. The minimum Gasteiger partial charge on any atom is -0.388 e. The highest BCUT2D eigenvalue weighted by molar-refractivity contribution is 7.89. The summed E-state index contributed by atoms with van der Waals surface area (Å²) in [5.41, 5.74) is -1.11. The van der Waals surface area contributed by atoms with E-state index in [0.29, 0.717) is 17.9 Å². The van der Waals surface area contributed by atoms with Gasteiger partial charge in [0.15, 0.2) is 0 Å². The van der Waals surface area contributed by atoms with Crippen LogP contribution in [0.25, 0.3) is 0 Å². The van der Waals surface area contributed by atoms with Crippen LogP contribution in [0, 0.1) is 17.8 Å². The molecule has 0 aliphatic heterocycles. The van der Waals surface area contributed by atoms with Gasteiger partial charge in [0, 0.05) is 5.02 Å². The Morgan fingerprint density at radius 3 is 2.08 bits per heavy atom. The van der Waals surface area contributed by atoms with Crippen LogP contribution in [0.2, 0.25) is 5.02 Å². The van der Waals surface area contributed by atoms with E-state index >= 15 is 0 Å². The second-order valence-corrected chi connectivity index (χ2v) is 10.4. The molecule has 0 saturated carbocycles. The molecule has 0 radical (unpaired) electrons. The molecule has 0 heterocycles. The van der Waals surface area contributed by atoms with E-state index in [1.807, 2.05) is 41.5 Å². The molecule has 0 aromatic heterocycles. The third-order valence-electron chi connectivity index (χ3n) is 4.70. The van der Waals surface area contributed by atoms with Gasteiger partial charge >= 0.3 is 0 Å². The summed E-state index contributed by atoms with van der Waals surface area (Å²) in [5.74, 6) is 0.494. The van der Waals surface area contributed by atoms with Gasteiger partial charge < -0.3 is 5.11 Å². The Morgan fingerprint density at radius 2 is 1.65 bits per heavy atom. The lowest BCUT2D eigenvalue weighted by atomic mass is 9.75. The van der Waals surface area contributed by atoms with Crippen LogP contribution in [0.1, 0.15) is 60.8 Å². The van der Waals surface area contributed by atoms with E-state index in [1.54, 1.807) is 12.1 Å². The van der Waals surface area contributed by atoms with Crippen LogP contribution in [0.15, 0.2) is 29.2 Å². The number of rotatable bonds is 10. The van der Waals surface area contributed by atoms with E-state index in [-0.39, 0.29) is 22.6 Å². The predicted octanol–water partition coefficient (Wildman–Crippen LogP) is 4.86. The molecule has 0 bridgehead atoms. The molecule has 0 saturated heterocycles. The van der Waals surface area contributed by atoms with E-state index in [1.165, 1.54) is 12.1 Å². The van der Waals surface area contributed by atoms with Crippen molar-refractivity contribution in [3.8, 4) is 0 Å². The molecular weight excluding hydrogens is 370 g/mol. The molecule has 26 heavy (non-hydrogen) atoms. The Balaban J connectivity index is 3.30. The first-order valence-electron chi connectivity index (χ1n) is 9.41. The quantitative estimate of drug-likeness (QED) is 0.586. The fourth-order valence-corrected chi connectivity index (χ4v) is 5.33. The van der Waals surface area contributed by atoms with Crippen LogP contribution in [0.4, 0.5) is 0 Å². The maximum atomic E-state index is 13.0. The summed E-state index contributed by atoms with van der Waals surface area (Å²) < 4.78 is 28.7.